The van der Waals surface area contributed by atoms with E-state index in [1.54, 1.807) is 7.05 Å². The first kappa shape index (κ1) is 15.2. The number of imide groups is 1. The Kier molecular flexibility index (Phi) is 4.04. The maximum Gasteiger partial charge on any atom is 0.233 e. The van der Waals surface area contributed by atoms with Gasteiger partial charge in [0.25, 0.3) is 0 Å². The van der Waals surface area contributed by atoms with Crippen LogP contribution in [-0.4, -0.2) is 49.3 Å². The lowest BCUT2D eigenvalue weighted by atomic mass is 9.85. The summed E-state index contributed by atoms with van der Waals surface area (Å²) in [6.07, 6.45) is 5.11. The zero-order chi connectivity index (χ0) is 15.9. The second-order valence-electron chi connectivity index (χ2n) is 6.58. The van der Waals surface area contributed by atoms with Crippen molar-refractivity contribution in [2.24, 2.45) is 29.6 Å². The molecule has 6 heteroatoms. The van der Waals surface area contributed by atoms with Gasteiger partial charge in [0.15, 0.2) is 0 Å². The number of rotatable bonds is 6. The van der Waals surface area contributed by atoms with Crippen LogP contribution in [0, 0.1) is 29.6 Å². The molecule has 120 valence electrons. The molecule has 5 atom stereocenters. The lowest BCUT2D eigenvalue weighted by molar-refractivity contribution is -0.141. The maximum absolute atomic E-state index is 12.4. The Morgan fingerprint density at radius 2 is 1.86 bits per heavy atom. The van der Waals surface area contributed by atoms with E-state index in [1.165, 1.54) is 4.90 Å². The highest BCUT2D eigenvalue weighted by Crippen LogP contribution is 2.52. The van der Waals surface area contributed by atoms with E-state index < -0.39 is 0 Å². The third kappa shape index (κ3) is 2.35. The Balaban J connectivity index is 1.53. The van der Waals surface area contributed by atoms with Crippen LogP contribution in [0.1, 0.15) is 13.3 Å². The molecule has 0 aromatic heterocycles. The first-order chi connectivity index (χ1) is 10.5. The molecule has 6 nitrogen and oxygen atoms in total. The summed E-state index contributed by atoms with van der Waals surface area (Å²) in [6.45, 7) is 3.05. The van der Waals surface area contributed by atoms with Gasteiger partial charge in [0.05, 0.1) is 11.8 Å². The molecule has 3 amide bonds. The lowest BCUT2D eigenvalue weighted by Crippen LogP contribution is -2.42. The van der Waals surface area contributed by atoms with Crippen LogP contribution >= 0.6 is 0 Å². The molecular formula is C16H23N3O3. The Labute approximate surface area is 130 Å². The molecule has 0 aromatic rings. The Morgan fingerprint density at radius 1 is 1.27 bits per heavy atom. The number of likely N-dealkylation sites (tertiary alicyclic amines) is 1. The van der Waals surface area contributed by atoms with Crippen molar-refractivity contribution in [1.82, 2.24) is 15.5 Å². The van der Waals surface area contributed by atoms with Gasteiger partial charge in [0.1, 0.15) is 0 Å². The number of hydrogen-bond acceptors (Lipinski definition) is 4. The molecule has 2 bridgehead atoms. The van der Waals surface area contributed by atoms with Gasteiger partial charge in [0, 0.05) is 25.6 Å². The standard InChI is InChI=1S/C16H23N3O3/c1-9(8-17-2)14(20)18-5-6-19-15(21)12-10-3-4-11(7-10)13(12)16(19)22/h3-4,9-13,17H,5-8H2,1-2H3,(H,18,20). The number of amides is 3. The quantitative estimate of drug-likeness (QED) is 0.525. The van der Waals surface area contributed by atoms with Crippen molar-refractivity contribution in [2.45, 2.75) is 13.3 Å². The highest BCUT2D eigenvalue weighted by Gasteiger charge is 2.58. The first-order valence-electron chi connectivity index (χ1n) is 8.00. The molecule has 2 fully saturated rings. The monoisotopic (exact) mass is 305 g/mol. The van der Waals surface area contributed by atoms with Gasteiger partial charge in [-0.3, -0.25) is 19.3 Å². The number of allylic oxidation sites excluding steroid dienone is 2. The Bertz CT molecular complexity index is 501. The Morgan fingerprint density at radius 3 is 2.41 bits per heavy atom. The normalized spacial score (nSPS) is 33.5. The molecule has 1 aliphatic heterocycles. The van der Waals surface area contributed by atoms with Gasteiger partial charge in [-0.1, -0.05) is 19.1 Å². The van der Waals surface area contributed by atoms with Crippen molar-refractivity contribution in [3.63, 3.8) is 0 Å². The van der Waals surface area contributed by atoms with E-state index in [4.69, 9.17) is 0 Å². The highest BCUT2D eigenvalue weighted by atomic mass is 16.2. The SMILES string of the molecule is CNCC(C)C(=O)NCCN1C(=O)C2C3C=CC(C3)C2C1=O. The summed E-state index contributed by atoms with van der Waals surface area (Å²) >= 11 is 0. The molecule has 1 saturated heterocycles. The van der Waals surface area contributed by atoms with Crippen molar-refractivity contribution in [2.75, 3.05) is 26.7 Å². The topological polar surface area (TPSA) is 78.5 Å². The van der Waals surface area contributed by atoms with Crippen molar-refractivity contribution >= 4 is 17.7 Å². The second-order valence-corrected chi connectivity index (χ2v) is 6.58. The molecule has 2 aliphatic carbocycles. The molecule has 1 saturated carbocycles. The van der Waals surface area contributed by atoms with Gasteiger partial charge in [-0.15, -0.1) is 0 Å². The molecule has 22 heavy (non-hydrogen) atoms. The molecule has 0 spiro atoms. The van der Waals surface area contributed by atoms with E-state index in [9.17, 15) is 14.4 Å². The third-order valence-electron chi connectivity index (χ3n) is 5.15. The molecule has 0 aromatic carbocycles. The third-order valence-corrected chi connectivity index (χ3v) is 5.15. The molecule has 5 unspecified atom stereocenters. The van der Waals surface area contributed by atoms with Crippen LogP contribution in [0.25, 0.3) is 0 Å². The summed E-state index contributed by atoms with van der Waals surface area (Å²) in [5, 5.41) is 5.75. The minimum Gasteiger partial charge on any atom is -0.354 e. The number of hydrogen-bond donors (Lipinski definition) is 2. The second kappa shape index (κ2) is 5.83. The van der Waals surface area contributed by atoms with Crippen LogP contribution in [0.3, 0.4) is 0 Å². The average Bonchev–Trinajstić information content (AvgIpc) is 3.16. The van der Waals surface area contributed by atoms with Crippen molar-refractivity contribution in [1.29, 1.82) is 0 Å². The predicted octanol–water partition coefficient (Wildman–Crippen LogP) is -0.235. The fourth-order valence-electron chi connectivity index (χ4n) is 4.05. The fraction of sp³-hybridized carbons (Fsp3) is 0.688. The van der Waals surface area contributed by atoms with Gasteiger partial charge in [-0.2, -0.15) is 0 Å². The number of carbonyl (C=O) groups excluding carboxylic acids is 3. The summed E-state index contributed by atoms with van der Waals surface area (Å²) in [7, 11) is 1.80. The van der Waals surface area contributed by atoms with Crippen LogP contribution in [0.5, 0.6) is 0 Å². The highest BCUT2D eigenvalue weighted by molar-refractivity contribution is 6.06. The van der Waals surface area contributed by atoms with Crippen molar-refractivity contribution in [3.05, 3.63) is 12.2 Å². The molecule has 2 N–H and O–H groups in total. The zero-order valence-corrected chi connectivity index (χ0v) is 13.0. The zero-order valence-electron chi connectivity index (χ0n) is 13.0. The first-order valence-corrected chi connectivity index (χ1v) is 8.00. The predicted molar refractivity (Wildman–Crippen MR) is 80.5 cm³/mol. The number of fused-ring (bicyclic) bond motifs is 5. The van der Waals surface area contributed by atoms with Crippen molar-refractivity contribution in [3.8, 4) is 0 Å². The minimum absolute atomic E-state index is 0.0515. The number of nitrogens with zero attached hydrogens (tertiary/aromatic N) is 1. The summed E-state index contributed by atoms with van der Waals surface area (Å²) in [6, 6.07) is 0. The fourth-order valence-corrected chi connectivity index (χ4v) is 4.05. The largest absolute Gasteiger partial charge is 0.354 e. The van der Waals surface area contributed by atoms with Crippen LogP contribution in [0.2, 0.25) is 0 Å². The molecular weight excluding hydrogens is 282 g/mol. The summed E-state index contributed by atoms with van der Waals surface area (Å²) in [5.41, 5.74) is 0. The van der Waals surface area contributed by atoms with Crippen LogP contribution in [0.4, 0.5) is 0 Å². The van der Waals surface area contributed by atoms with Gasteiger partial charge in [0.2, 0.25) is 17.7 Å². The van der Waals surface area contributed by atoms with Gasteiger partial charge in [-0.25, -0.2) is 0 Å². The summed E-state index contributed by atoms with van der Waals surface area (Å²) in [5.74, 6) is -0.121. The minimum atomic E-state index is -0.151. The van der Waals surface area contributed by atoms with Gasteiger partial charge < -0.3 is 10.6 Å². The van der Waals surface area contributed by atoms with Crippen LogP contribution < -0.4 is 10.6 Å². The summed E-state index contributed by atoms with van der Waals surface area (Å²) < 4.78 is 0. The van der Waals surface area contributed by atoms with Gasteiger partial charge in [-0.05, 0) is 25.3 Å². The van der Waals surface area contributed by atoms with E-state index >= 15 is 0 Å². The van der Waals surface area contributed by atoms with E-state index in [0.29, 0.717) is 13.1 Å². The average molecular weight is 305 g/mol. The smallest absolute Gasteiger partial charge is 0.233 e. The molecule has 3 rings (SSSR count). The lowest BCUT2D eigenvalue weighted by Gasteiger charge is -2.18. The van der Waals surface area contributed by atoms with E-state index in [-0.39, 0.29) is 53.9 Å². The molecule has 3 aliphatic rings. The van der Waals surface area contributed by atoms with Crippen LogP contribution in [-0.2, 0) is 14.4 Å². The Hall–Kier alpha value is -1.69. The van der Waals surface area contributed by atoms with Gasteiger partial charge >= 0.3 is 0 Å². The maximum atomic E-state index is 12.4. The number of carbonyl (C=O) groups is 3. The van der Waals surface area contributed by atoms with E-state index in [2.05, 4.69) is 22.8 Å². The van der Waals surface area contributed by atoms with E-state index in [0.717, 1.165) is 6.42 Å². The molecule has 0 radical (unpaired) electrons. The molecule has 1 heterocycles. The van der Waals surface area contributed by atoms with E-state index in [1.807, 2.05) is 6.92 Å². The summed E-state index contributed by atoms with van der Waals surface area (Å²) in [4.78, 5) is 38.1. The van der Waals surface area contributed by atoms with Crippen LogP contribution in [0.15, 0.2) is 12.2 Å². The van der Waals surface area contributed by atoms with Crippen molar-refractivity contribution < 1.29 is 14.4 Å². The number of nitrogens with one attached hydrogen (secondary N) is 2.